The lowest BCUT2D eigenvalue weighted by Crippen LogP contribution is -2.28. The van der Waals surface area contributed by atoms with E-state index in [4.69, 9.17) is 4.74 Å². The molecule has 1 aromatic carbocycles. The van der Waals surface area contributed by atoms with Gasteiger partial charge in [-0.2, -0.15) is 0 Å². The van der Waals surface area contributed by atoms with E-state index in [0.717, 1.165) is 5.56 Å². The number of carbonyl (C=O) groups is 2. The van der Waals surface area contributed by atoms with Gasteiger partial charge in [0.15, 0.2) is 0 Å². The summed E-state index contributed by atoms with van der Waals surface area (Å²) in [4.78, 5) is 22.6. The highest BCUT2D eigenvalue weighted by atomic mass is 16.5. The van der Waals surface area contributed by atoms with Gasteiger partial charge in [0.1, 0.15) is 6.61 Å². The van der Waals surface area contributed by atoms with Gasteiger partial charge in [0, 0.05) is 6.04 Å². The van der Waals surface area contributed by atoms with Gasteiger partial charge >= 0.3 is 12.1 Å². The number of methoxy groups -OCH3 is 1. The molecule has 0 saturated heterocycles. The highest BCUT2D eigenvalue weighted by molar-refractivity contribution is 5.78. The fourth-order valence-electron chi connectivity index (χ4n) is 1.68. The zero-order chi connectivity index (χ0) is 13.0. The Bertz CT molecular complexity index is 432. The van der Waals surface area contributed by atoms with E-state index in [-0.39, 0.29) is 24.5 Å². The molecule has 5 nitrogen and oxygen atoms in total. The van der Waals surface area contributed by atoms with Crippen LogP contribution in [0.15, 0.2) is 30.3 Å². The molecule has 1 fully saturated rings. The lowest BCUT2D eigenvalue weighted by Gasteiger charge is -2.06. The number of ether oxygens (including phenoxy) is 2. The first-order valence-electron chi connectivity index (χ1n) is 5.75. The molecule has 0 unspecified atom stereocenters. The molecule has 2 rings (SSSR count). The SMILES string of the molecule is COC(=O)[C@H]1C[C@H]1NC(=O)OCc1ccccc1. The molecule has 0 heterocycles. The molecular formula is C13H15NO4. The molecule has 0 aromatic heterocycles. The highest BCUT2D eigenvalue weighted by Gasteiger charge is 2.45. The Morgan fingerprint density at radius 1 is 1.33 bits per heavy atom. The van der Waals surface area contributed by atoms with Crippen molar-refractivity contribution >= 4 is 12.1 Å². The number of amides is 1. The minimum Gasteiger partial charge on any atom is -0.469 e. The van der Waals surface area contributed by atoms with Crippen LogP contribution >= 0.6 is 0 Å². The van der Waals surface area contributed by atoms with Crippen molar-refractivity contribution in [2.75, 3.05) is 7.11 Å². The van der Waals surface area contributed by atoms with Gasteiger partial charge in [0.25, 0.3) is 0 Å². The highest BCUT2D eigenvalue weighted by Crippen LogP contribution is 2.31. The van der Waals surface area contributed by atoms with Crippen LogP contribution in [0.5, 0.6) is 0 Å². The van der Waals surface area contributed by atoms with Crippen LogP contribution in [0.3, 0.4) is 0 Å². The van der Waals surface area contributed by atoms with Gasteiger partial charge in [-0.3, -0.25) is 4.79 Å². The molecule has 1 saturated carbocycles. The molecule has 96 valence electrons. The van der Waals surface area contributed by atoms with Crippen LogP contribution in [-0.4, -0.2) is 25.2 Å². The molecule has 0 spiro atoms. The first-order valence-corrected chi connectivity index (χ1v) is 5.75. The molecule has 1 N–H and O–H groups in total. The number of benzene rings is 1. The number of nitrogens with one attached hydrogen (secondary N) is 1. The summed E-state index contributed by atoms with van der Waals surface area (Å²) in [7, 11) is 1.34. The Kier molecular flexibility index (Phi) is 3.82. The number of hydrogen-bond donors (Lipinski definition) is 1. The fourth-order valence-corrected chi connectivity index (χ4v) is 1.68. The Labute approximate surface area is 105 Å². The molecule has 1 aliphatic carbocycles. The average molecular weight is 249 g/mol. The van der Waals surface area contributed by atoms with Gasteiger partial charge in [-0.05, 0) is 12.0 Å². The fraction of sp³-hybridized carbons (Fsp3) is 0.385. The number of carbonyl (C=O) groups excluding carboxylic acids is 2. The van der Waals surface area contributed by atoms with E-state index >= 15 is 0 Å². The van der Waals surface area contributed by atoms with Crippen molar-refractivity contribution in [3.63, 3.8) is 0 Å². The van der Waals surface area contributed by atoms with Crippen molar-refractivity contribution < 1.29 is 19.1 Å². The maximum atomic E-state index is 11.4. The molecular weight excluding hydrogens is 234 g/mol. The zero-order valence-corrected chi connectivity index (χ0v) is 10.1. The minimum absolute atomic E-state index is 0.152. The number of hydrogen-bond acceptors (Lipinski definition) is 4. The van der Waals surface area contributed by atoms with E-state index in [2.05, 4.69) is 10.1 Å². The molecule has 1 amide bonds. The summed E-state index contributed by atoms with van der Waals surface area (Å²) in [5, 5.41) is 2.63. The van der Waals surface area contributed by atoms with Gasteiger partial charge in [0.05, 0.1) is 13.0 Å². The maximum absolute atomic E-state index is 11.4. The van der Waals surface area contributed by atoms with Crippen molar-refractivity contribution in [3.8, 4) is 0 Å². The summed E-state index contributed by atoms with van der Waals surface area (Å²) in [5.74, 6) is -0.511. The van der Waals surface area contributed by atoms with Crippen LogP contribution in [0.2, 0.25) is 0 Å². The van der Waals surface area contributed by atoms with Crippen LogP contribution in [0.4, 0.5) is 4.79 Å². The first kappa shape index (κ1) is 12.4. The number of alkyl carbamates (subject to hydrolysis) is 1. The summed E-state index contributed by atoms with van der Waals surface area (Å²) >= 11 is 0. The zero-order valence-electron chi connectivity index (χ0n) is 10.1. The third-order valence-corrected chi connectivity index (χ3v) is 2.81. The quantitative estimate of drug-likeness (QED) is 0.821. The lowest BCUT2D eigenvalue weighted by atomic mass is 10.2. The van der Waals surface area contributed by atoms with Crippen LogP contribution in [-0.2, 0) is 20.9 Å². The molecule has 18 heavy (non-hydrogen) atoms. The van der Waals surface area contributed by atoms with Crippen molar-refractivity contribution in [2.24, 2.45) is 5.92 Å². The number of rotatable bonds is 4. The second-order valence-electron chi connectivity index (χ2n) is 4.18. The van der Waals surface area contributed by atoms with Crippen LogP contribution in [0, 0.1) is 5.92 Å². The minimum atomic E-state index is -0.504. The van der Waals surface area contributed by atoms with E-state index < -0.39 is 6.09 Å². The summed E-state index contributed by atoms with van der Waals surface area (Å²) in [6, 6.07) is 9.26. The topological polar surface area (TPSA) is 64.6 Å². The predicted octanol–water partition coefficient (Wildman–Crippen LogP) is 1.47. The van der Waals surface area contributed by atoms with Crippen molar-refractivity contribution in [3.05, 3.63) is 35.9 Å². The third kappa shape index (κ3) is 3.23. The summed E-state index contributed by atoms with van der Waals surface area (Å²) in [6.45, 7) is 0.224. The van der Waals surface area contributed by atoms with E-state index in [9.17, 15) is 9.59 Å². The standard InChI is InChI=1S/C13H15NO4/c1-17-12(15)10-7-11(10)14-13(16)18-8-9-5-3-2-4-6-9/h2-6,10-11H,7-8H2,1H3,(H,14,16)/t10-,11+/m0/s1. The average Bonchev–Trinajstić information content (AvgIpc) is 3.16. The summed E-state index contributed by atoms with van der Waals surface area (Å²) in [6.07, 6.45) is 0.114. The molecule has 0 radical (unpaired) electrons. The van der Waals surface area contributed by atoms with Gasteiger partial charge in [0.2, 0.25) is 0 Å². The van der Waals surface area contributed by atoms with E-state index in [1.54, 1.807) is 0 Å². The van der Waals surface area contributed by atoms with Crippen molar-refractivity contribution in [1.82, 2.24) is 5.32 Å². The first-order chi connectivity index (χ1) is 8.70. The van der Waals surface area contributed by atoms with Crippen molar-refractivity contribution in [2.45, 2.75) is 19.1 Å². The Balaban J connectivity index is 1.69. The van der Waals surface area contributed by atoms with Crippen molar-refractivity contribution in [1.29, 1.82) is 0 Å². The molecule has 0 bridgehead atoms. The normalized spacial score (nSPS) is 20.9. The maximum Gasteiger partial charge on any atom is 0.407 e. The van der Waals surface area contributed by atoms with Crippen LogP contribution in [0.1, 0.15) is 12.0 Å². The smallest absolute Gasteiger partial charge is 0.407 e. The molecule has 5 heteroatoms. The van der Waals surface area contributed by atoms with E-state index in [1.165, 1.54) is 7.11 Å². The predicted molar refractivity (Wildman–Crippen MR) is 63.7 cm³/mol. The van der Waals surface area contributed by atoms with Crippen LogP contribution in [0.25, 0.3) is 0 Å². The Morgan fingerprint density at radius 2 is 2.06 bits per heavy atom. The molecule has 0 aliphatic heterocycles. The summed E-state index contributed by atoms with van der Waals surface area (Å²) in [5.41, 5.74) is 0.924. The third-order valence-electron chi connectivity index (χ3n) is 2.81. The monoisotopic (exact) mass is 249 g/mol. The molecule has 2 atom stereocenters. The number of esters is 1. The Hall–Kier alpha value is -2.04. The van der Waals surface area contributed by atoms with Gasteiger partial charge < -0.3 is 14.8 Å². The Morgan fingerprint density at radius 3 is 2.72 bits per heavy atom. The largest absolute Gasteiger partial charge is 0.469 e. The van der Waals surface area contributed by atoms with Gasteiger partial charge in [-0.15, -0.1) is 0 Å². The van der Waals surface area contributed by atoms with Gasteiger partial charge in [-0.1, -0.05) is 30.3 Å². The van der Waals surface area contributed by atoms with E-state index in [0.29, 0.717) is 6.42 Å². The van der Waals surface area contributed by atoms with E-state index in [1.807, 2.05) is 30.3 Å². The van der Waals surface area contributed by atoms with Gasteiger partial charge in [-0.25, -0.2) is 4.79 Å². The summed E-state index contributed by atoms with van der Waals surface area (Å²) < 4.78 is 9.62. The second kappa shape index (κ2) is 5.53. The lowest BCUT2D eigenvalue weighted by molar-refractivity contribution is -0.142. The molecule has 1 aliphatic rings. The van der Waals surface area contributed by atoms with Crippen LogP contribution < -0.4 is 5.32 Å². The second-order valence-corrected chi connectivity index (χ2v) is 4.18. The molecule has 1 aromatic rings.